The Balaban J connectivity index is 1.60. The Morgan fingerprint density at radius 1 is 1.10 bits per heavy atom. The van der Waals surface area contributed by atoms with Gasteiger partial charge in [0, 0.05) is 37.9 Å². The van der Waals surface area contributed by atoms with E-state index >= 15 is 0 Å². The van der Waals surface area contributed by atoms with Crippen molar-refractivity contribution < 1.29 is 37.2 Å². The SMILES string of the molecule is C[C@@H]1CC[C@H]2C(CN3CCOCC3)=C(C(F)(F)F)O[C@@H]3O[C@]4(C)CC[C@@H]1C32OO4. The summed E-state index contributed by atoms with van der Waals surface area (Å²) in [6, 6.07) is 0. The second-order valence-corrected chi connectivity index (χ2v) is 9.21. The number of morpholine rings is 1. The fraction of sp³-hybridized carbons (Fsp3) is 0.900. The maximum Gasteiger partial charge on any atom is 0.449 e. The summed E-state index contributed by atoms with van der Waals surface area (Å²) in [5.41, 5.74) is -0.769. The molecule has 0 aromatic heterocycles. The van der Waals surface area contributed by atoms with E-state index in [4.69, 9.17) is 24.0 Å². The molecule has 4 saturated heterocycles. The molecule has 0 radical (unpaired) electrons. The largest absolute Gasteiger partial charge is 0.456 e. The van der Waals surface area contributed by atoms with E-state index in [0.29, 0.717) is 45.1 Å². The smallest absolute Gasteiger partial charge is 0.449 e. The van der Waals surface area contributed by atoms with E-state index in [1.54, 1.807) is 6.92 Å². The fourth-order valence-electron chi connectivity index (χ4n) is 5.92. The zero-order valence-corrected chi connectivity index (χ0v) is 16.8. The first kappa shape index (κ1) is 20.1. The lowest BCUT2D eigenvalue weighted by molar-refractivity contribution is -0.557. The van der Waals surface area contributed by atoms with Gasteiger partial charge in [-0.3, -0.25) is 4.90 Å². The van der Waals surface area contributed by atoms with Crippen LogP contribution in [0.2, 0.25) is 0 Å². The minimum Gasteiger partial charge on any atom is -0.456 e. The van der Waals surface area contributed by atoms with Crippen LogP contribution in [0.3, 0.4) is 0 Å². The Morgan fingerprint density at radius 3 is 2.59 bits per heavy atom. The number of nitrogens with zero attached hydrogens (tertiary/aromatic N) is 1. The summed E-state index contributed by atoms with van der Waals surface area (Å²) < 4.78 is 59.3. The second-order valence-electron chi connectivity index (χ2n) is 9.21. The molecule has 5 heterocycles. The quantitative estimate of drug-likeness (QED) is 0.640. The van der Waals surface area contributed by atoms with E-state index < -0.39 is 35.5 Å². The van der Waals surface area contributed by atoms with Crippen molar-refractivity contribution in [3.8, 4) is 0 Å². The molecular formula is C20H28F3NO5. The molecule has 6 aliphatic rings. The first-order chi connectivity index (χ1) is 13.7. The number of allylic oxidation sites excluding steroid dienone is 1. The van der Waals surface area contributed by atoms with Gasteiger partial charge in [0.25, 0.3) is 0 Å². The first-order valence-electron chi connectivity index (χ1n) is 10.5. The number of rotatable bonds is 2. The van der Waals surface area contributed by atoms with Crippen LogP contribution < -0.4 is 0 Å². The van der Waals surface area contributed by atoms with Crippen LogP contribution in [0, 0.1) is 17.8 Å². The average Bonchev–Trinajstić information content (AvgIpc) is 2.90. The molecule has 0 amide bonds. The number of hydrogen-bond donors (Lipinski definition) is 0. The maximum atomic E-state index is 14.1. The van der Waals surface area contributed by atoms with Crippen LogP contribution in [-0.2, 0) is 24.0 Å². The molecule has 1 saturated carbocycles. The average molecular weight is 419 g/mol. The number of fused-ring (bicyclic) bond motifs is 2. The van der Waals surface area contributed by atoms with Crippen LogP contribution in [0.4, 0.5) is 13.2 Å². The van der Waals surface area contributed by atoms with Crippen LogP contribution in [0.15, 0.2) is 11.3 Å². The summed E-state index contributed by atoms with van der Waals surface area (Å²) in [4.78, 5) is 13.7. The molecule has 0 aromatic carbocycles. The summed E-state index contributed by atoms with van der Waals surface area (Å²) in [7, 11) is 0. The highest BCUT2D eigenvalue weighted by molar-refractivity contribution is 5.29. The van der Waals surface area contributed by atoms with Gasteiger partial charge in [0.05, 0.1) is 13.2 Å². The van der Waals surface area contributed by atoms with Gasteiger partial charge in [-0.1, -0.05) is 6.92 Å². The van der Waals surface area contributed by atoms with Crippen molar-refractivity contribution in [3.05, 3.63) is 11.3 Å². The molecule has 0 N–H and O–H groups in total. The fourth-order valence-corrected chi connectivity index (χ4v) is 5.92. The summed E-state index contributed by atoms with van der Waals surface area (Å²) in [6.45, 7) is 6.29. The number of halogens is 3. The van der Waals surface area contributed by atoms with Crippen molar-refractivity contribution in [2.45, 2.75) is 63.4 Å². The number of hydrogen-bond acceptors (Lipinski definition) is 6. The van der Waals surface area contributed by atoms with Gasteiger partial charge in [-0.05, 0) is 37.7 Å². The Bertz CT molecular complexity index is 694. The predicted octanol–water partition coefficient (Wildman–Crippen LogP) is 3.38. The lowest BCUT2D eigenvalue weighted by atomic mass is 9.59. The first-order valence-corrected chi connectivity index (χ1v) is 10.5. The van der Waals surface area contributed by atoms with E-state index in [9.17, 15) is 13.2 Å². The molecule has 5 fully saturated rings. The van der Waals surface area contributed by atoms with E-state index in [-0.39, 0.29) is 18.0 Å². The summed E-state index contributed by atoms with van der Waals surface area (Å²) in [6.07, 6.45) is -2.91. The van der Waals surface area contributed by atoms with Crippen LogP contribution in [-0.4, -0.2) is 61.6 Å². The molecule has 29 heavy (non-hydrogen) atoms. The Morgan fingerprint density at radius 2 is 1.86 bits per heavy atom. The van der Waals surface area contributed by atoms with Crippen LogP contribution in [0.5, 0.6) is 0 Å². The van der Waals surface area contributed by atoms with Crippen molar-refractivity contribution in [3.63, 3.8) is 0 Å². The van der Waals surface area contributed by atoms with Crippen molar-refractivity contribution >= 4 is 0 Å². The highest BCUT2D eigenvalue weighted by atomic mass is 19.4. The highest BCUT2D eigenvalue weighted by Gasteiger charge is 2.70. The van der Waals surface area contributed by atoms with Gasteiger partial charge in [0.2, 0.25) is 17.8 Å². The summed E-state index contributed by atoms with van der Waals surface area (Å²) >= 11 is 0. The predicted molar refractivity (Wildman–Crippen MR) is 94.2 cm³/mol. The normalized spacial score (nSPS) is 45.6. The van der Waals surface area contributed by atoms with Crippen LogP contribution in [0.25, 0.3) is 0 Å². The van der Waals surface area contributed by atoms with Crippen molar-refractivity contribution in [1.29, 1.82) is 0 Å². The molecule has 2 bridgehead atoms. The Labute approximate surface area is 168 Å². The monoisotopic (exact) mass is 419 g/mol. The van der Waals surface area contributed by atoms with Gasteiger partial charge >= 0.3 is 6.18 Å². The van der Waals surface area contributed by atoms with Gasteiger partial charge in [-0.15, -0.1) is 0 Å². The lowest BCUT2D eigenvalue weighted by Crippen LogP contribution is -2.67. The minimum atomic E-state index is -4.58. The van der Waals surface area contributed by atoms with Crippen molar-refractivity contribution in [2.24, 2.45) is 17.8 Å². The molecular weight excluding hydrogens is 391 g/mol. The van der Waals surface area contributed by atoms with E-state index in [1.165, 1.54) is 0 Å². The van der Waals surface area contributed by atoms with Crippen molar-refractivity contribution in [2.75, 3.05) is 32.8 Å². The molecule has 0 aromatic rings. The molecule has 6 nitrogen and oxygen atoms in total. The molecule has 1 spiro atoms. The molecule has 6 atom stereocenters. The standard InChI is InChI=1S/C20H28F3NO5/c1-12-3-4-15-13(11-24-7-9-25-10-8-24)16(20(21,22)23)26-17-19(15)14(12)5-6-18(2,27-17)28-29-19/h12,14-15,17H,3-11H2,1-2H3/t12-,14+,15+,17-,18+,19?/m1/s1. The minimum absolute atomic E-state index is 0.0186. The van der Waals surface area contributed by atoms with Crippen LogP contribution >= 0.6 is 0 Å². The van der Waals surface area contributed by atoms with E-state index in [2.05, 4.69) is 6.92 Å². The Kier molecular flexibility index (Phi) is 4.71. The van der Waals surface area contributed by atoms with Gasteiger partial charge in [0.1, 0.15) is 0 Å². The van der Waals surface area contributed by atoms with Gasteiger partial charge in [-0.2, -0.15) is 13.2 Å². The summed E-state index contributed by atoms with van der Waals surface area (Å²) in [5, 5.41) is 0. The molecule has 6 rings (SSSR count). The van der Waals surface area contributed by atoms with Crippen LogP contribution in [0.1, 0.15) is 39.5 Å². The van der Waals surface area contributed by atoms with Gasteiger partial charge in [0.15, 0.2) is 5.60 Å². The number of alkyl halides is 3. The van der Waals surface area contributed by atoms with Gasteiger partial charge in [-0.25, -0.2) is 9.78 Å². The number of ether oxygens (including phenoxy) is 3. The third-order valence-corrected chi connectivity index (χ3v) is 7.41. The topological polar surface area (TPSA) is 49.4 Å². The van der Waals surface area contributed by atoms with E-state index in [1.807, 2.05) is 4.90 Å². The summed E-state index contributed by atoms with van der Waals surface area (Å²) in [5.74, 6) is -2.13. The van der Waals surface area contributed by atoms with E-state index in [0.717, 1.165) is 12.8 Å². The zero-order chi connectivity index (χ0) is 20.4. The highest BCUT2D eigenvalue weighted by Crippen LogP contribution is 2.61. The third kappa shape index (κ3) is 3.12. The molecule has 1 aliphatic carbocycles. The molecule has 1 unspecified atom stereocenters. The third-order valence-electron chi connectivity index (χ3n) is 7.41. The maximum absolute atomic E-state index is 14.1. The molecule has 9 heteroatoms. The lowest BCUT2D eigenvalue weighted by Gasteiger charge is -2.57. The molecule has 164 valence electrons. The van der Waals surface area contributed by atoms with Gasteiger partial charge < -0.3 is 14.2 Å². The zero-order valence-electron chi connectivity index (χ0n) is 16.8. The second kappa shape index (κ2) is 6.82. The van der Waals surface area contributed by atoms with Crippen molar-refractivity contribution in [1.82, 2.24) is 4.90 Å². The Hall–Kier alpha value is -0.870. The molecule has 5 aliphatic heterocycles.